The third kappa shape index (κ3) is 2.08. The van der Waals surface area contributed by atoms with E-state index in [0.29, 0.717) is 24.3 Å². The Morgan fingerprint density at radius 1 is 1.47 bits per heavy atom. The SMILES string of the molecule is Cc1nnc(N2CCC(O)C2)c(C(=N)N)c1C. The van der Waals surface area contributed by atoms with E-state index < -0.39 is 0 Å². The maximum Gasteiger partial charge on any atom is 0.162 e. The first-order valence-electron chi connectivity index (χ1n) is 5.62. The standard InChI is InChI=1S/C11H17N5O/c1-6-7(2)14-15-11(9(6)10(12)13)16-4-3-8(17)5-16/h8,17H,3-5H2,1-2H3,(H3,12,13). The third-order valence-electron chi connectivity index (χ3n) is 3.17. The number of nitrogens with two attached hydrogens (primary N) is 1. The van der Waals surface area contributed by atoms with Crippen molar-refractivity contribution in [1.29, 1.82) is 5.41 Å². The number of β-amino-alcohol motifs (C(OH)–C–C–N with tert-alkyl or cyclic N) is 1. The molecule has 1 aromatic rings. The van der Waals surface area contributed by atoms with Gasteiger partial charge in [-0.2, -0.15) is 5.10 Å². The minimum atomic E-state index is -0.335. The van der Waals surface area contributed by atoms with Crippen molar-refractivity contribution in [2.24, 2.45) is 5.73 Å². The van der Waals surface area contributed by atoms with Crippen LogP contribution in [0.15, 0.2) is 0 Å². The van der Waals surface area contributed by atoms with Crippen LogP contribution in [0.2, 0.25) is 0 Å². The van der Waals surface area contributed by atoms with Gasteiger partial charge in [0, 0.05) is 13.1 Å². The largest absolute Gasteiger partial charge is 0.391 e. The van der Waals surface area contributed by atoms with Gasteiger partial charge in [0.1, 0.15) is 5.84 Å². The molecular formula is C11H17N5O. The Morgan fingerprint density at radius 2 is 2.18 bits per heavy atom. The summed E-state index contributed by atoms with van der Waals surface area (Å²) in [4.78, 5) is 1.93. The number of hydrogen-bond donors (Lipinski definition) is 3. The van der Waals surface area contributed by atoms with E-state index in [4.69, 9.17) is 11.1 Å². The fourth-order valence-electron chi connectivity index (χ4n) is 2.07. The summed E-state index contributed by atoms with van der Waals surface area (Å²) in [5.74, 6) is 0.606. The van der Waals surface area contributed by atoms with Gasteiger partial charge in [0.25, 0.3) is 0 Å². The highest BCUT2D eigenvalue weighted by Gasteiger charge is 2.26. The number of amidine groups is 1. The molecule has 4 N–H and O–H groups in total. The van der Waals surface area contributed by atoms with Crippen LogP contribution in [-0.2, 0) is 0 Å². The summed E-state index contributed by atoms with van der Waals surface area (Å²) in [5.41, 5.74) is 7.90. The van der Waals surface area contributed by atoms with Crippen LogP contribution in [0.3, 0.4) is 0 Å². The zero-order valence-electron chi connectivity index (χ0n) is 10.1. The molecular weight excluding hydrogens is 218 g/mol. The summed E-state index contributed by atoms with van der Waals surface area (Å²) >= 11 is 0. The van der Waals surface area contributed by atoms with Crippen LogP contribution in [0.5, 0.6) is 0 Å². The molecule has 17 heavy (non-hydrogen) atoms. The van der Waals surface area contributed by atoms with Crippen LogP contribution in [0.1, 0.15) is 23.2 Å². The average molecular weight is 235 g/mol. The number of aryl methyl sites for hydroxylation is 1. The van der Waals surface area contributed by atoms with E-state index >= 15 is 0 Å². The first-order valence-corrected chi connectivity index (χ1v) is 5.62. The fraction of sp³-hybridized carbons (Fsp3) is 0.545. The molecule has 1 aromatic heterocycles. The van der Waals surface area contributed by atoms with Crippen LogP contribution in [0.4, 0.5) is 5.82 Å². The summed E-state index contributed by atoms with van der Waals surface area (Å²) in [6.07, 6.45) is 0.379. The van der Waals surface area contributed by atoms with Gasteiger partial charge in [-0.1, -0.05) is 0 Å². The average Bonchev–Trinajstić information content (AvgIpc) is 2.68. The second-order valence-corrected chi connectivity index (χ2v) is 4.41. The molecule has 1 atom stereocenters. The molecule has 2 heterocycles. The van der Waals surface area contributed by atoms with E-state index in [-0.39, 0.29) is 11.9 Å². The van der Waals surface area contributed by atoms with Crippen molar-refractivity contribution in [2.45, 2.75) is 26.4 Å². The van der Waals surface area contributed by atoms with E-state index in [9.17, 15) is 5.11 Å². The van der Waals surface area contributed by atoms with Gasteiger partial charge in [-0.15, -0.1) is 5.10 Å². The van der Waals surface area contributed by atoms with Gasteiger partial charge in [0.2, 0.25) is 0 Å². The molecule has 92 valence electrons. The molecule has 1 aliphatic heterocycles. The molecule has 0 radical (unpaired) electrons. The number of nitrogen functional groups attached to an aromatic ring is 1. The molecule has 0 aliphatic carbocycles. The molecule has 0 spiro atoms. The highest BCUT2D eigenvalue weighted by Crippen LogP contribution is 2.24. The van der Waals surface area contributed by atoms with Crippen molar-refractivity contribution in [3.8, 4) is 0 Å². The summed E-state index contributed by atoms with van der Waals surface area (Å²) < 4.78 is 0. The summed E-state index contributed by atoms with van der Waals surface area (Å²) in [6.45, 7) is 4.98. The maximum absolute atomic E-state index is 9.54. The molecule has 1 aliphatic rings. The molecule has 6 nitrogen and oxygen atoms in total. The van der Waals surface area contributed by atoms with Gasteiger partial charge in [0.15, 0.2) is 5.82 Å². The van der Waals surface area contributed by atoms with Gasteiger partial charge in [-0.25, -0.2) is 0 Å². The smallest absolute Gasteiger partial charge is 0.162 e. The number of nitrogens with zero attached hydrogens (tertiary/aromatic N) is 3. The number of aromatic nitrogens is 2. The van der Waals surface area contributed by atoms with Gasteiger partial charge < -0.3 is 15.7 Å². The lowest BCUT2D eigenvalue weighted by atomic mass is 10.1. The van der Waals surface area contributed by atoms with Crippen molar-refractivity contribution < 1.29 is 5.11 Å². The van der Waals surface area contributed by atoms with Gasteiger partial charge in [0.05, 0.1) is 17.4 Å². The van der Waals surface area contributed by atoms with Gasteiger partial charge in [-0.3, -0.25) is 5.41 Å². The Labute approximate surface area is 100.0 Å². The van der Waals surface area contributed by atoms with Crippen molar-refractivity contribution in [3.05, 3.63) is 16.8 Å². The number of aliphatic hydroxyl groups excluding tert-OH is 1. The Morgan fingerprint density at radius 3 is 2.71 bits per heavy atom. The lowest BCUT2D eigenvalue weighted by Gasteiger charge is -2.20. The fourth-order valence-corrected chi connectivity index (χ4v) is 2.07. The lowest BCUT2D eigenvalue weighted by molar-refractivity contribution is 0.198. The Balaban J connectivity index is 2.47. The van der Waals surface area contributed by atoms with E-state index in [0.717, 1.165) is 17.8 Å². The summed E-state index contributed by atoms with van der Waals surface area (Å²) in [7, 11) is 0. The minimum absolute atomic E-state index is 0.00288. The van der Waals surface area contributed by atoms with Crippen LogP contribution < -0.4 is 10.6 Å². The number of anilines is 1. The van der Waals surface area contributed by atoms with Crippen LogP contribution in [0.25, 0.3) is 0 Å². The third-order valence-corrected chi connectivity index (χ3v) is 3.17. The van der Waals surface area contributed by atoms with Gasteiger partial charge in [-0.05, 0) is 25.8 Å². The Hall–Kier alpha value is -1.69. The highest BCUT2D eigenvalue weighted by atomic mass is 16.3. The Kier molecular flexibility index (Phi) is 2.97. The predicted molar refractivity (Wildman–Crippen MR) is 65.4 cm³/mol. The van der Waals surface area contributed by atoms with Crippen molar-refractivity contribution in [1.82, 2.24) is 10.2 Å². The first-order chi connectivity index (χ1) is 8.00. The van der Waals surface area contributed by atoms with E-state index in [1.807, 2.05) is 18.7 Å². The number of nitrogens with one attached hydrogen (secondary N) is 1. The minimum Gasteiger partial charge on any atom is -0.391 e. The van der Waals surface area contributed by atoms with Crippen LogP contribution in [-0.4, -0.2) is 40.3 Å². The molecule has 1 saturated heterocycles. The van der Waals surface area contributed by atoms with E-state index in [2.05, 4.69) is 10.2 Å². The topological polar surface area (TPSA) is 99.1 Å². The predicted octanol–water partition coefficient (Wildman–Crippen LogP) is -0.0515. The summed E-state index contributed by atoms with van der Waals surface area (Å²) in [6, 6.07) is 0. The van der Waals surface area contributed by atoms with E-state index in [1.165, 1.54) is 0 Å². The quantitative estimate of drug-likeness (QED) is 0.493. The molecule has 0 aromatic carbocycles. The molecule has 1 fully saturated rings. The summed E-state index contributed by atoms with van der Waals surface area (Å²) in [5, 5.41) is 25.4. The molecule has 0 bridgehead atoms. The molecule has 6 heteroatoms. The number of rotatable bonds is 2. The molecule has 1 unspecified atom stereocenters. The molecule has 0 amide bonds. The second-order valence-electron chi connectivity index (χ2n) is 4.41. The first kappa shape index (κ1) is 11.8. The van der Waals surface area contributed by atoms with Crippen molar-refractivity contribution >= 4 is 11.7 Å². The van der Waals surface area contributed by atoms with Gasteiger partial charge >= 0.3 is 0 Å². The zero-order chi connectivity index (χ0) is 12.6. The molecule has 2 rings (SSSR count). The van der Waals surface area contributed by atoms with Crippen LogP contribution in [0, 0.1) is 19.3 Å². The number of hydrogen-bond acceptors (Lipinski definition) is 5. The highest BCUT2D eigenvalue weighted by molar-refractivity contribution is 6.01. The number of aliphatic hydroxyl groups is 1. The zero-order valence-corrected chi connectivity index (χ0v) is 10.1. The lowest BCUT2D eigenvalue weighted by Crippen LogP contribution is -2.28. The monoisotopic (exact) mass is 235 g/mol. The normalized spacial score (nSPS) is 19.7. The second kappa shape index (κ2) is 4.29. The van der Waals surface area contributed by atoms with Crippen molar-refractivity contribution in [3.63, 3.8) is 0 Å². The van der Waals surface area contributed by atoms with Crippen LogP contribution >= 0.6 is 0 Å². The Bertz CT molecular complexity index is 459. The van der Waals surface area contributed by atoms with E-state index in [1.54, 1.807) is 0 Å². The molecule has 0 saturated carbocycles. The van der Waals surface area contributed by atoms with Crippen molar-refractivity contribution in [2.75, 3.05) is 18.0 Å². The maximum atomic E-state index is 9.54.